The highest BCUT2D eigenvalue weighted by atomic mass is 32.2. The van der Waals surface area contributed by atoms with E-state index >= 15 is 0 Å². The smallest absolute Gasteiger partial charge is 0.337 e. The number of carbonyl (C=O) groups is 1. The summed E-state index contributed by atoms with van der Waals surface area (Å²) < 4.78 is 12.1. The third kappa shape index (κ3) is 3.32. The molecule has 2 heterocycles. The highest BCUT2D eigenvalue weighted by Crippen LogP contribution is 2.21. The van der Waals surface area contributed by atoms with Crippen molar-refractivity contribution in [3.63, 3.8) is 0 Å². The molecule has 0 aliphatic carbocycles. The molecular weight excluding hydrogens is 328 g/mol. The molecule has 1 unspecified atom stereocenters. The third-order valence-corrected chi connectivity index (χ3v) is 4.88. The number of esters is 1. The van der Waals surface area contributed by atoms with Crippen molar-refractivity contribution < 1.29 is 14.3 Å². The summed E-state index contributed by atoms with van der Waals surface area (Å²) in [6.45, 7) is 3.28. The second-order valence-electron chi connectivity index (χ2n) is 5.60. The largest absolute Gasteiger partial charge is 0.465 e. The number of thioether (sulfide) groups is 1. The molecule has 0 bridgehead atoms. The van der Waals surface area contributed by atoms with Crippen LogP contribution in [-0.4, -0.2) is 41.1 Å². The number of nitrogens with zero attached hydrogens (tertiary/aromatic N) is 2. The zero-order chi connectivity index (χ0) is 17.1. The fraction of sp³-hybridized carbons (Fsp3) is 0.471. The maximum atomic E-state index is 12.9. The van der Waals surface area contributed by atoms with Crippen LogP contribution in [0.25, 0.3) is 10.9 Å². The van der Waals surface area contributed by atoms with Gasteiger partial charge in [-0.05, 0) is 36.8 Å². The lowest BCUT2D eigenvalue weighted by Gasteiger charge is -2.16. The topological polar surface area (TPSA) is 70.4 Å². The van der Waals surface area contributed by atoms with E-state index in [0.717, 1.165) is 25.2 Å². The van der Waals surface area contributed by atoms with Gasteiger partial charge < -0.3 is 9.47 Å². The second-order valence-corrected chi connectivity index (χ2v) is 6.83. The van der Waals surface area contributed by atoms with Crippen LogP contribution in [-0.2, 0) is 16.0 Å². The van der Waals surface area contributed by atoms with Crippen LogP contribution < -0.4 is 5.56 Å². The molecule has 128 valence electrons. The molecule has 1 atom stereocenters. The van der Waals surface area contributed by atoms with Crippen LogP contribution in [0.5, 0.6) is 0 Å². The molecule has 0 N–H and O–H groups in total. The number of rotatable bonds is 5. The number of aromatic nitrogens is 2. The quantitative estimate of drug-likeness (QED) is 0.470. The maximum absolute atomic E-state index is 12.9. The van der Waals surface area contributed by atoms with E-state index in [4.69, 9.17) is 9.47 Å². The Balaban J connectivity index is 2.09. The lowest BCUT2D eigenvalue weighted by atomic mass is 10.1. The monoisotopic (exact) mass is 348 g/mol. The van der Waals surface area contributed by atoms with E-state index in [0.29, 0.717) is 28.2 Å². The number of hydrogen-bond acceptors (Lipinski definition) is 6. The summed E-state index contributed by atoms with van der Waals surface area (Å²) in [5.41, 5.74) is 0.812. The molecule has 1 aromatic heterocycles. The van der Waals surface area contributed by atoms with Crippen molar-refractivity contribution in [3.8, 4) is 0 Å². The Morgan fingerprint density at radius 1 is 1.50 bits per heavy atom. The predicted octanol–water partition coefficient (Wildman–Crippen LogP) is 2.47. The molecule has 2 aromatic rings. The van der Waals surface area contributed by atoms with Gasteiger partial charge >= 0.3 is 5.97 Å². The zero-order valence-corrected chi connectivity index (χ0v) is 14.6. The minimum absolute atomic E-state index is 0.0625. The van der Waals surface area contributed by atoms with E-state index in [2.05, 4.69) is 4.98 Å². The number of benzene rings is 1. The van der Waals surface area contributed by atoms with Gasteiger partial charge in [-0.3, -0.25) is 9.36 Å². The van der Waals surface area contributed by atoms with Crippen LogP contribution in [0.1, 0.15) is 30.1 Å². The fourth-order valence-corrected chi connectivity index (χ4v) is 3.57. The molecular formula is C17H20N2O4S. The summed E-state index contributed by atoms with van der Waals surface area (Å²) in [6, 6.07) is 4.85. The average Bonchev–Trinajstić information content (AvgIpc) is 3.10. The number of methoxy groups -OCH3 is 1. The Bertz CT molecular complexity index is 812. The minimum atomic E-state index is -0.438. The van der Waals surface area contributed by atoms with E-state index in [9.17, 15) is 9.59 Å². The molecule has 0 spiro atoms. The highest BCUT2D eigenvalue weighted by Gasteiger charge is 2.20. The van der Waals surface area contributed by atoms with Gasteiger partial charge in [0.2, 0.25) is 0 Å². The van der Waals surface area contributed by atoms with E-state index in [1.165, 1.54) is 18.9 Å². The van der Waals surface area contributed by atoms with Gasteiger partial charge in [0.05, 0.1) is 36.2 Å². The molecule has 0 radical (unpaired) electrons. The van der Waals surface area contributed by atoms with Crippen LogP contribution >= 0.6 is 11.8 Å². The number of hydrogen-bond donors (Lipinski definition) is 0. The van der Waals surface area contributed by atoms with Gasteiger partial charge in [0.25, 0.3) is 5.56 Å². The maximum Gasteiger partial charge on any atom is 0.337 e. The van der Waals surface area contributed by atoms with E-state index in [1.807, 2.05) is 6.92 Å². The lowest BCUT2D eigenvalue weighted by molar-refractivity contribution is 0.0601. The summed E-state index contributed by atoms with van der Waals surface area (Å²) in [5.74, 6) is 0.368. The van der Waals surface area contributed by atoms with Crippen molar-refractivity contribution in [2.24, 2.45) is 0 Å². The van der Waals surface area contributed by atoms with Crippen LogP contribution in [0.3, 0.4) is 0 Å². The average molecular weight is 348 g/mol. The van der Waals surface area contributed by atoms with Gasteiger partial charge in [-0.1, -0.05) is 18.7 Å². The Morgan fingerprint density at radius 2 is 2.33 bits per heavy atom. The molecule has 1 aliphatic rings. The van der Waals surface area contributed by atoms with Gasteiger partial charge in [-0.25, -0.2) is 9.78 Å². The molecule has 1 aromatic carbocycles. The number of fused-ring (bicyclic) bond motifs is 1. The van der Waals surface area contributed by atoms with Crippen LogP contribution in [0, 0.1) is 0 Å². The first-order chi connectivity index (χ1) is 11.6. The molecule has 24 heavy (non-hydrogen) atoms. The van der Waals surface area contributed by atoms with Crippen LogP contribution in [0.4, 0.5) is 0 Å². The SMILES string of the molecule is CCSc1nc2cc(C(=O)OC)ccc2c(=O)n1CC1CCCO1. The first-order valence-corrected chi connectivity index (χ1v) is 9.00. The van der Waals surface area contributed by atoms with Crippen molar-refractivity contribution >= 4 is 28.6 Å². The summed E-state index contributed by atoms with van der Waals surface area (Å²) >= 11 is 1.51. The number of ether oxygens (including phenoxy) is 2. The van der Waals surface area contributed by atoms with Gasteiger partial charge in [0.1, 0.15) is 0 Å². The van der Waals surface area contributed by atoms with Crippen molar-refractivity contribution in [2.45, 2.75) is 37.6 Å². The fourth-order valence-electron chi connectivity index (χ4n) is 2.84. The predicted molar refractivity (Wildman–Crippen MR) is 92.7 cm³/mol. The summed E-state index contributed by atoms with van der Waals surface area (Å²) in [6.07, 6.45) is 2.05. The second kappa shape index (κ2) is 7.36. The Hall–Kier alpha value is -1.86. The molecule has 1 saturated heterocycles. The van der Waals surface area contributed by atoms with E-state index in [-0.39, 0.29) is 11.7 Å². The van der Waals surface area contributed by atoms with Gasteiger partial charge in [-0.15, -0.1) is 0 Å². The first kappa shape index (κ1) is 17.0. The first-order valence-electron chi connectivity index (χ1n) is 8.01. The van der Waals surface area contributed by atoms with Crippen LogP contribution in [0.15, 0.2) is 28.2 Å². The Labute approximate surface area is 144 Å². The molecule has 7 heteroatoms. The Morgan fingerprint density at radius 3 is 3.00 bits per heavy atom. The van der Waals surface area contributed by atoms with E-state index in [1.54, 1.807) is 22.8 Å². The zero-order valence-electron chi connectivity index (χ0n) is 13.8. The minimum Gasteiger partial charge on any atom is -0.465 e. The molecule has 1 fully saturated rings. The lowest BCUT2D eigenvalue weighted by Crippen LogP contribution is -2.29. The standard InChI is InChI=1S/C17H20N2O4S/c1-3-24-17-18-14-9-11(16(21)22-2)6-7-13(14)15(20)19(17)10-12-5-4-8-23-12/h6-7,9,12H,3-5,8,10H2,1-2H3. The van der Waals surface area contributed by atoms with Crippen molar-refractivity contribution in [1.82, 2.24) is 9.55 Å². The Kier molecular flexibility index (Phi) is 5.20. The van der Waals surface area contributed by atoms with Crippen molar-refractivity contribution in [2.75, 3.05) is 19.5 Å². The molecule has 0 saturated carbocycles. The van der Waals surface area contributed by atoms with Gasteiger partial charge in [0, 0.05) is 6.61 Å². The summed E-state index contributed by atoms with van der Waals surface area (Å²) in [5, 5.41) is 1.16. The third-order valence-electron chi connectivity index (χ3n) is 4.03. The van der Waals surface area contributed by atoms with Crippen LogP contribution in [0.2, 0.25) is 0 Å². The van der Waals surface area contributed by atoms with Crippen molar-refractivity contribution in [3.05, 3.63) is 34.1 Å². The van der Waals surface area contributed by atoms with Crippen molar-refractivity contribution in [1.29, 1.82) is 0 Å². The number of carbonyl (C=O) groups excluding carboxylic acids is 1. The molecule has 1 aliphatic heterocycles. The molecule has 3 rings (SSSR count). The molecule has 0 amide bonds. The summed E-state index contributed by atoms with van der Waals surface area (Å²) in [7, 11) is 1.33. The molecule has 6 nitrogen and oxygen atoms in total. The van der Waals surface area contributed by atoms with Gasteiger partial charge in [0.15, 0.2) is 5.16 Å². The van der Waals surface area contributed by atoms with Gasteiger partial charge in [-0.2, -0.15) is 0 Å². The highest BCUT2D eigenvalue weighted by molar-refractivity contribution is 7.99. The normalized spacial score (nSPS) is 17.3. The summed E-state index contributed by atoms with van der Waals surface area (Å²) in [4.78, 5) is 29.2. The van der Waals surface area contributed by atoms with E-state index < -0.39 is 5.97 Å².